The molecule has 1 amide bonds. The van der Waals surface area contributed by atoms with Gasteiger partial charge in [-0.05, 0) is 61.7 Å². The number of ether oxygens (including phenoxy) is 1. The van der Waals surface area contributed by atoms with Crippen LogP contribution in [0.4, 0.5) is 10.1 Å². The minimum absolute atomic E-state index is 0.122. The molecule has 0 aliphatic carbocycles. The second-order valence-corrected chi connectivity index (χ2v) is 6.41. The van der Waals surface area contributed by atoms with Gasteiger partial charge in [0.1, 0.15) is 11.6 Å². The molecule has 0 saturated carbocycles. The zero-order valence-electron chi connectivity index (χ0n) is 14.6. The zero-order chi connectivity index (χ0) is 17.8. The Bertz CT molecular complexity index is 746. The SMILES string of the molecule is COc1ccc([C@@H]2CCCN2CC(=O)Nc2ccc(C)c(F)c2)cc1. The van der Waals surface area contributed by atoms with Crippen molar-refractivity contribution in [3.8, 4) is 5.75 Å². The monoisotopic (exact) mass is 342 g/mol. The quantitative estimate of drug-likeness (QED) is 0.895. The Morgan fingerprint density at radius 2 is 2.04 bits per heavy atom. The molecule has 25 heavy (non-hydrogen) atoms. The molecule has 0 spiro atoms. The Morgan fingerprint density at radius 3 is 2.72 bits per heavy atom. The number of nitrogens with zero attached hydrogens (tertiary/aromatic N) is 1. The van der Waals surface area contributed by atoms with E-state index in [1.807, 2.05) is 12.1 Å². The van der Waals surface area contributed by atoms with Crippen LogP contribution in [0.15, 0.2) is 42.5 Å². The normalized spacial score (nSPS) is 17.5. The number of anilines is 1. The maximum atomic E-state index is 13.6. The fraction of sp³-hybridized carbons (Fsp3) is 0.350. The Morgan fingerprint density at radius 1 is 1.28 bits per heavy atom. The lowest BCUT2D eigenvalue weighted by molar-refractivity contribution is -0.117. The second-order valence-electron chi connectivity index (χ2n) is 6.41. The van der Waals surface area contributed by atoms with Crippen molar-refractivity contribution in [2.24, 2.45) is 0 Å². The highest BCUT2D eigenvalue weighted by Crippen LogP contribution is 2.32. The summed E-state index contributed by atoms with van der Waals surface area (Å²) < 4.78 is 18.8. The summed E-state index contributed by atoms with van der Waals surface area (Å²) in [6, 6.07) is 13.0. The van der Waals surface area contributed by atoms with Gasteiger partial charge in [0.25, 0.3) is 0 Å². The van der Waals surface area contributed by atoms with Crippen LogP contribution in [0.3, 0.4) is 0 Å². The Kier molecular flexibility index (Phi) is 5.34. The molecule has 0 radical (unpaired) electrons. The summed E-state index contributed by atoms with van der Waals surface area (Å²) in [5.74, 6) is 0.395. The largest absolute Gasteiger partial charge is 0.497 e. The molecule has 1 aliphatic heterocycles. The molecule has 2 aromatic carbocycles. The van der Waals surface area contributed by atoms with E-state index < -0.39 is 0 Å². The number of rotatable bonds is 5. The molecule has 4 nitrogen and oxygen atoms in total. The van der Waals surface area contributed by atoms with Gasteiger partial charge in [0, 0.05) is 11.7 Å². The van der Waals surface area contributed by atoms with Crippen LogP contribution in [-0.4, -0.2) is 31.0 Å². The smallest absolute Gasteiger partial charge is 0.238 e. The van der Waals surface area contributed by atoms with Gasteiger partial charge in [-0.3, -0.25) is 9.69 Å². The van der Waals surface area contributed by atoms with Crippen molar-refractivity contribution in [2.45, 2.75) is 25.8 Å². The second kappa shape index (κ2) is 7.66. The first kappa shape index (κ1) is 17.4. The minimum atomic E-state index is -0.310. The minimum Gasteiger partial charge on any atom is -0.497 e. The van der Waals surface area contributed by atoms with Gasteiger partial charge in [-0.1, -0.05) is 18.2 Å². The van der Waals surface area contributed by atoms with Crippen LogP contribution < -0.4 is 10.1 Å². The number of likely N-dealkylation sites (tertiary alicyclic amines) is 1. The van der Waals surface area contributed by atoms with E-state index in [4.69, 9.17) is 4.74 Å². The number of halogens is 1. The summed E-state index contributed by atoms with van der Waals surface area (Å²) >= 11 is 0. The third kappa shape index (κ3) is 4.17. The molecule has 1 atom stereocenters. The summed E-state index contributed by atoms with van der Waals surface area (Å²) in [6.45, 7) is 2.88. The maximum absolute atomic E-state index is 13.6. The van der Waals surface area contributed by atoms with Gasteiger partial charge in [0.2, 0.25) is 5.91 Å². The highest BCUT2D eigenvalue weighted by molar-refractivity contribution is 5.92. The van der Waals surface area contributed by atoms with Gasteiger partial charge in [-0.15, -0.1) is 0 Å². The molecular weight excluding hydrogens is 319 g/mol. The molecular formula is C20H23FN2O2. The molecule has 2 aromatic rings. The third-order valence-corrected chi connectivity index (χ3v) is 4.67. The van der Waals surface area contributed by atoms with Gasteiger partial charge in [0.05, 0.1) is 13.7 Å². The Labute approximate surface area is 147 Å². The molecule has 1 heterocycles. The highest BCUT2D eigenvalue weighted by Gasteiger charge is 2.27. The van der Waals surface area contributed by atoms with Crippen LogP contribution in [0.5, 0.6) is 5.75 Å². The van der Waals surface area contributed by atoms with E-state index in [2.05, 4.69) is 22.3 Å². The predicted octanol–water partition coefficient (Wildman–Crippen LogP) is 3.92. The van der Waals surface area contributed by atoms with Crippen molar-refractivity contribution in [1.29, 1.82) is 0 Å². The van der Waals surface area contributed by atoms with Crippen LogP contribution >= 0.6 is 0 Å². The number of aryl methyl sites for hydroxylation is 1. The topological polar surface area (TPSA) is 41.6 Å². The summed E-state index contributed by atoms with van der Waals surface area (Å²) in [5, 5.41) is 2.79. The van der Waals surface area contributed by atoms with E-state index in [0.717, 1.165) is 25.1 Å². The Hall–Kier alpha value is -2.40. The molecule has 5 heteroatoms. The molecule has 1 aliphatic rings. The van der Waals surface area contributed by atoms with E-state index in [-0.39, 0.29) is 17.8 Å². The number of amides is 1. The van der Waals surface area contributed by atoms with Crippen molar-refractivity contribution in [3.05, 3.63) is 59.4 Å². The van der Waals surface area contributed by atoms with Gasteiger partial charge in [0.15, 0.2) is 0 Å². The zero-order valence-corrected chi connectivity index (χ0v) is 14.6. The lowest BCUT2D eigenvalue weighted by atomic mass is 10.0. The molecule has 1 saturated heterocycles. The number of hydrogen-bond acceptors (Lipinski definition) is 3. The van der Waals surface area contributed by atoms with Crippen molar-refractivity contribution in [2.75, 3.05) is 25.5 Å². The van der Waals surface area contributed by atoms with Gasteiger partial charge in [-0.2, -0.15) is 0 Å². The molecule has 1 N–H and O–H groups in total. The highest BCUT2D eigenvalue weighted by atomic mass is 19.1. The van der Waals surface area contributed by atoms with E-state index >= 15 is 0 Å². The molecule has 1 fully saturated rings. The summed E-state index contributed by atoms with van der Waals surface area (Å²) in [5.41, 5.74) is 2.25. The van der Waals surface area contributed by atoms with E-state index in [0.29, 0.717) is 17.8 Å². The van der Waals surface area contributed by atoms with Gasteiger partial charge < -0.3 is 10.1 Å². The lowest BCUT2D eigenvalue weighted by Gasteiger charge is -2.24. The third-order valence-electron chi connectivity index (χ3n) is 4.67. The van der Waals surface area contributed by atoms with E-state index in [9.17, 15) is 9.18 Å². The van der Waals surface area contributed by atoms with E-state index in [1.165, 1.54) is 11.6 Å². The first-order valence-corrected chi connectivity index (χ1v) is 8.51. The van der Waals surface area contributed by atoms with Crippen molar-refractivity contribution < 1.29 is 13.9 Å². The number of carbonyl (C=O) groups is 1. The number of methoxy groups -OCH3 is 1. The predicted molar refractivity (Wildman–Crippen MR) is 96.3 cm³/mol. The number of nitrogens with one attached hydrogen (secondary N) is 1. The lowest BCUT2D eigenvalue weighted by Crippen LogP contribution is -2.32. The number of benzene rings is 2. The molecule has 0 aromatic heterocycles. The first-order chi connectivity index (χ1) is 12.1. The van der Waals surface area contributed by atoms with Crippen LogP contribution in [0.2, 0.25) is 0 Å². The summed E-state index contributed by atoms with van der Waals surface area (Å²) in [7, 11) is 1.65. The van der Waals surface area contributed by atoms with Crippen LogP contribution in [0.1, 0.15) is 30.0 Å². The average Bonchev–Trinajstić information content (AvgIpc) is 3.06. The van der Waals surface area contributed by atoms with Gasteiger partial charge >= 0.3 is 0 Å². The maximum Gasteiger partial charge on any atom is 0.238 e. The standard InChI is InChI=1S/C20H23FN2O2/c1-14-5-8-16(12-18(14)21)22-20(24)13-23-11-3-4-19(23)15-6-9-17(25-2)10-7-15/h5-10,12,19H,3-4,11,13H2,1-2H3,(H,22,24)/t19-/m0/s1. The van der Waals surface area contributed by atoms with Crippen molar-refractivity contribution in [1.82, 2.24) is 4.90 Å². The Balaban J connectivity index is 1.63. The number of carbonyl (C=O) groups excluding carboxylic acids is 1. The first-order valence-electron chi connectivity index (χ1n) is 8.51. The fourth-order valence-electron chi connectivity index (χ4n) is 3.27. The molecule has 0 unspecified atom stereocenters. The average molecular weight is 342 g/mol. The van der Waals surface area contributed by atoms with Crippen LogP contribution in [0.25, 0.3) is 0 Å². The van der Waals surface area contributed by atoms with E-state index in [1.54, 1.807) is 26.2 Å². The van der Waals surface area contributed by atoms with Crippen molar-refractivity contribution in [3.63, 3.8) is 0 Å². The summed E-state index contributed by atoms with van der Waals surface area (Å²) in [6.07, 6.45) is 2.09. The van der Waals surface area contributed by atoms with Crippen molar-refractivity contribution >= 4 is 11.6 Å². The van der Waals surface area contributed by atoms with Gasteiger partial charge in [-0.25, -0.2) is 4.39 Å². The number of hydrogen-bond donors (Lipinski definition) is 1. The summed E-state index contributed by atoms with van der Waals surface area (Å²) in [4.78, 5) is 14.5. The molecule has 3 rings (SSSR count). The van der Waals surface area contributed by atoms with Crippen LogP contribution in [-0.2, 0) is 4.79 Å². The molecule has 0 bridgehead atoms. The fourth-order valence-corrected chi connectivity index (χ4v) is 3.27. The van der Waals surface area contributed by atoms with Crippen LogP contribution in [0, 0.1) is 12.7 Å². The molecule has 132 valence electrons.